The highest BCUT2D eigenvalue weighted by Gasteiger charge is 2.02. The summed E-state index contributed by atoms with van der Waals surface area (Å²) >= 11 is 0. The monoisotopic (exact) mass is 186 g/mol. The Morgan fingerprint density at radius 3 is 2.29 bits per heavy atom. The van der Waals surface area contributed by atoms with Gasteiger partial charge in [-0.25, -0.2) is 0 Å². The summed E-state index contributed by atoms with van der Waals surface area (Å²) in [6, 6.07) is 12.5. The number of furan rings is 1. The Hall–Kier alpha value is -1.50. The van der Waals surface area contributed by atoms with Crippen molar-refractivity contribution in [3.8, 4) is 11.3 Å². The minimum atomic E-state index is 0.950. The average molecular weight is 186 g/mol. The maximum atomic E-state index is 5.66. The summed E-state index contributed by atoms with van der Waals surface area (Å²) in [7, 11) is 0. The van der Waals surface area contributed by atoms with Crippen LogP contribution in [0.4, 0.5) is 0 Å². The molecular formula is C13H14O. The fourth-order valence-corrected chi connectivity index (χ4v) is 1.44. The van der Waals surface area contributed by atoms with Crippen LogP contribution < -0.4 is 0 Å². The van der Waals surface area contributed by atoms with Crippen LogP contribution in [0.1, 0.15) is 18.2 Å². The summed E-state index contributed by atoms with van der Waals surface area (Å²) in [5.41, 5.74) is 2.42. The van der Waals surface area contributed by atoms with Gasteiger partial charge in [-0.2, -0.15) is 0 Å². The zero-order valence-corrected chi connectivity index (χ0v) is 8.58. The van der Waals surface area contributed by atoms with Crippen molar-refractivity contribution < 1.29 is 4.42 Å². The Morgan fingerprint density at radius 1 is 1.00 bits per heavy atom. The summed E-state index contributed by atoms with van der Waals surface area (Å²) in [4.78, 5) is 0. The smallest absolute Gasteiger partial charge is 0.134 e. The van der Waals surface area contributed by atoms with Crippen molar-refractivity contribution >= 4 is 0 Å². The summed E-state index contributed by atoms with van der Waals surface area (Å²) in [6.07, 6.45) is 0.950. The molecule has 0 aliphatic rings. The van der Waals surface area contributed by atoms with Gasteiger partial charge in [-0.1, -0.05) is 36.8 Å². The molecule has 2 rings (SSSR count). The number of rotatable bonds is 2. The first kappa shape index (κ1) is 9.07. The molecule has 0 aliphatic heterocycles. The van der Waals surface area contributed by atoms with E-state index < -0.39 is 0 Å². The van der Waals surface area contributed by atoms with Crippen molar-refractivity contribution in [3.63, 3.8) is 0 Å². The van der Waals surface area contributed by atoms with Gasteiger partial charge in [0.1, 0.15) is 11.5 Å². The normalized spacial score (nSPS) is 10.4. The average Bonchev–Trinajstić information content (AvgIpc) is 2.67. The van der Waals surface area contributed by atoms with Crippen LogP contribution in [0.5, 0.6) is 0 Å². The van der Waals surface area contributed by atoms with E-state index in [1.54, 1.807) is 0 Å². The van der Waals surface area contributed by atoms with Gasteiger partial charge >= 0.3 is 0 Å². The molecule has 0 amide bonds. The second-order valence-corrected chi connectivity index (χ2v) is 3.49. The fraction of sp³-hybridized carbons (Fsp3) is 0.231. The third-order valence-corrected chi connectivity index (χ3v) is 2.35. The first-order valence-corrected chi connectivity index (χ1v) is 4.95. The van der Waals surface area contributed by atoms with Crippen molar-refractivity contribution in [2.24, 2.45) is 0 Å². The molecule has 2 aromatic rings. The molecule has 1 heterocycles. The van der Waals surface area contributed by atoms with Crippen molar-refractivity contribution in [1.29, 1.82) is 0 Å². The first-order valence-electron chi connectivity index (χ1n) is 4.95. The molecule has 1 nitrogen and oxygen atoms in total. The van der Waals surface area contributed by atoms with Gasteiger partial charge in [-0.05, 0) is 19.1 Å². The van der Waals surface area contributed by atoms with Crippen molar-refractivity contribution in [2.75, 3.05) is 0 Å². The molecular weight excluding hydrogens is 172 g/mol. The van der Waals surface area contributed by atoms with Gasteiger partial charge in [0.25, 0.3) is 0 Å². The van der Waals surface area contributed by atoms with E-state index in [1.807, 2.05) is 12.1 Å². The molecule has 0 spiro atoms. The van der Waals surface area contributed by atoms with Gasteiger partial charge in [0.2, 0.25) is 0 Å². The largest absolute Gasteiger partial charge is 0.461 e. The van der Waals surface area contributed by atoms with Crippen LogP contribution >= 0.6 is 0 Å². The fourth-order valence-electron chi connectivity index (χ4n) is 1.44. The number of hydrogen-bond acceptors (Lipinski definition) is 1. The molecule has 1 aromatic carbocycles. The van der Waals surface area contributed by atoms with E-state index in [2.05, 4.69) is 38.1 Å². The summed E-state index contributed by atoms with van der Waals surface area (Å²) in [5.74, 6) is 2.00. The third-order valence-electron chi connectivity index (χ3n) is 2.35. The van der Waals surface area contributed by atoms with E-state index >= 15 is 0 Å². The highest BCUT2D eigenvalue weighted by atomic mass is 16.3. The van der Waals surface area contributed by atoms with Gasteiger partial charge in [-0.15, -0.1) is 0 Å². The molecule has 0 atom stereocenters. The first-order chi connectivity index (χ1) is 6.79. The number of hydrogen-bond donors (Lipinski definition) is 0. The van der Waals surface area contributed by atoms with Gasteiger partial charge < -0.3 is 4.42 Å². The summed E-state index contributed by atoms with van der Waals surface area (Å²) in [5, 5.41) is 0. The Labute approximate surface area is 84.4 Å². The Bertz CT molecular complexity index is 409. The molecule has 1 aromatic heterocycles. The lowest BCUT2D eigenvalue weighted by molar-refractivity contribution is 0.529. The zero-order chi connectivity index (χ0) is 9.97. The molecule has 0 bridgehead atoms. The minimum Gasteiger partial charge on any atom is -0.461 e. The van der Waals surface area contributed by atoms with Crippen LogP contribution in [0.3, 0.4) is 0 Å². The Balaban J connectivity index is 2.34. The maximum Gasteiger partial charge on any atom is 0.134 e. The molecule has 1 heteroatoms. The highest BCUT2D eigenvalue weighted by molar-refractivity contribution is 5.57. The molecule has 0 N–H and O–H groups in total. The summed E-state index contributed by atoms with van der Waals surface area (Å²) in [6.45, 7) is 4.18. The lowest BCUT2D eigenvalue weighted by atomic mass is 10.1. The van der Waals surface area contributed by atoms with Gasteiger partial charge in [-0.3, -0.25) is 0 Å². The number of aryl methyl sites for hydroxylation is 2. The Morgan fingerprint density at radius 2 is 1.71 bits per heavy atom. The van der Waals surface area contributed by atoms with E-state index in [-0.39, 0.29) is 0 Å². The van der Waals surface area contributed by atoms with E-state index in [0.29, 0.717) is 0 Å². The van der Waals surface area contributed by atoms with E-state index in [9.17, 15) is 0 Å². The van der Waals surface area contributed by atoms with E-state index in [4.69, 9.17) is 4.42 Å². The molecule has 14 heavy (non-hydrogen) atoms. The van der Waals surface area contributed by atoms with Crippen LogP contribution in [0.15, 0.2) is 40.8 Å². The number of benzene rings is 1. The van der Waals surface area contributed by atoms with Gasteiger partial charge in [0.15, 0.2) is 0 Å². The second-order valence-electron chi connectivity index (χ2n) is 3.49. The van der Waals surface area contributed by atoms with Crippen LogP contribution in [-0.4, -0.2) is 0 Å². The standard InChI is InChI=1S/C13H14O/c1-3-12-8-9-13(14-12)11-6-4-10(2)5-7-11/h4-9H,3H2,1-2H3. The van der Waals surface area contributed by atoms with E-state index in [0.717, 1.165) is 23.5 Å². The van der Waals surface area contributed by atoms with Crippen molar-refractivity contribution in [3.05, 3.63) is 47.7 Å². The summed E-state index contributed by atoms with van der Waals surface area (Å²) < 4.78 is 5.66. The predicted octanol–water partition coefficient (Wildman–Crippen LogP) is 3.82. The minimum absolute atomic E-state index is 0.950. The molecule has 0 saturated heterocycles. The molecule has 0 aliphatic carbocycles. The predicted molar refractivity (Wildman–Crippen MR) is 58.3 cm³/mol. The van der Waals surface area contributed by atoms with Crippen molar-refractivity contribution in [2.45, 2.75) is 20.3 Å². The lowest BCUT2D eigenvalue weighted by Crippen LogP contribution is -1.75. The van der Waals surface area contributed by atoms with Crippen LogP contribution in [0.25, 0.3) is 11.3 Å². The van der Waals surface area contributed by atoms with Gasteiger partial charge in [0.05, 0.1) is 0 Å². The van der Waals surface area contributed by atoms with Gasteiger partial charge in [0, 0.05) is 12.0 Å². The quantitative estimate of drug-likeness (QED) is 0.695. The van der Waals surface area contributed by atoms with Crippen LogP contribution in [0.2, 0.25) is 0 Å². The molecule has 0 fully saturated rings. The topological polar surface area (TPSA) is 13.1 Å². The Kier molecular flexibility index (Phi) is 2.40. The highest BCUT2D eigenvalue weighted by Crippen LogP contribution is 2.22. The lowest BCUT2D eigenvalue weighted by Gasteiger charge is -1.97. The zero-order valence-electron chi connectivity index (χ0n) is 8.58. The van der Waals surface area contributed by atoms with Crippen LogP contribution in [-0.2, 0) is 6.42 Å². The SMILES string of the molecule is CCc1ccc(-c2ccc(C)cc2)o1. The maximum absolute atomic E-state index is 5.66. The second kappa shape index (κ2) is 3.70. The van der Waals surface area contributed by atoms with Crippen molar-refractivity contribution in [1.82, 2.24) is 0 Å². The third kappa shape index (κ3) is 1.72. The molecule has 0 unspecified atom stereocenters. The van der Waals surface area contributed by atoms with Crippen LogP contribution in [0, 0.1) is 6.92 Å². The molecule has 0 radical (unpaired) electrons. The molecule has 72 valence electrons. The molecule has 0 saturated carbocycles. The van der Waals surface area contributed by atoms with E-state index in [1.165, 1.54) is 5.56 Å².